The summed E-state index contributed by atoms with van der Waals surface area (Å²) in [6.45, 7) is 1.20. The van der Waals surface area contributed by atoms with Crippen LogP contribution < -0.4 is 10.5 Å². The second-order valence-electron chi connectivity index (χ2n) is 3.20. The fourth-order valence-electron chi connectivity index (χ4n) is 1.14. The fraction of sp³-hybridized carbons (Fsp3) is 0.455. The van der Waals surface area contributed by atoms with Gasteiger partial charge in [0.15, 0.2) is 5.69 Å². The fourth-order valence-corrected chi connectivity index (χ4v) is 1.14. The number of aromatic nitrogens is 1. The lowest BCUT2D eigenvalue weighted by Crippen LogP contribution is -2.07. The molecule has 1 rings (SSSR count). The molecule has 0 aliphatic heterocycles. The highest BCUT2D eigenvalue weighted by molar-refractivity contribution is 5.87. The summed E-state index contributed by atoms with van der Waals surface area (Å²) in [5.41, 5.74) is 5.61. The molecule has 0 saturated heterocycles. The van der Waals surface area contributed by atoms with Gasteiger partial charge in [-0.2, -0.15) is 0 Å². The molecule has 88 valence electrons. The molecule has 0 aromatic carbocycles. The Kier molecular flexibility index (Phi) is 5.28. The van der Waals surface area contributed by atoms with Gasteiger partial charge in [-0.3, -0.25) is 0 Å². The van der Waals surface area contributed by atoms with Crippen molar-refractivity contribution in [2.24, 2.45) is 5.73 Å². The van der Waals surface area contributed by atoms with E-state index in [-0.39, 0.29) is 5.69 Å². The standard InChI is InChI=1S/C11H16N2O3/c1-15-11(14)9-5-4-6-10(13-9)16-8-3-2-7-12/h4-6H,2-3,7-8,12H2,1H3. The first-order valence-corrected chi connectivity index (χ1v) is 5.16. The lowest BCUT2D eigenvalue weighted by molar-refractivity contribution is 0.0592. The molecule has 5 nitrogen and oxygen atoms in total. The Morgan fingerprint density at radius 1 is 1.44 bits per heavy atom. The number of rotatable bonds is 6. The van der Waals surface area contributed by atoms with Crippen LogP contribution in [0.3, 0.4) is 0 Å². The molecule has 0 amide bonds. The molecular weight excluding hydrogens is 208 g/mol. The van der Waals surface area contributed by atoms with Crippen LogP contribution in [0.2, 0.25) is 0 Å². The average molecular weight is 224 g/mol. The van der Waals surface area contributed by atoms with Crippen molar-refractivity contribution in [1.29, 1.82) is 0 Å². The number of nitrogens with zero attached hydrogens (tertiary/aromatic N) is 1. The van der Waals surface area contributed by atoms with Gasteiger partial charge in [-0.1, -0.05) is 6.07 Å². The van der Waals surface area contributed by atoms with Crippen LogP contribution in [0.25, 0.3) is 0 Å². The zero-order valence-corrected chi connectivity index (χ0v) is 9.31. The minimum Gasteiger partial charge on any atom is -0.478 e. The van der Waals surface area contributed by atoms with Crippen LogP contribution in [0.15, 0.2) is 18.2 Å². The Morgan fingerprint density at radius 2 is 2.25 bits per heavy atom. The van der Waals surface area contributed by atoms with Crippen molar-refractivity contribution in [2.45, 2.75) is 12.8 Å². The van der Waals surface area contributed by atoms with E-state index >= 15 is 0 Å². The zero-order valence-electron chi connectivity index (χ0n) is 9.31. The van der Waals surface area contributed by atoms with Gasteiger partial charge in [-0.05, 0) is 25.5 Å². The lowest BCUT2D eigenvalue weighted by atomic mass is 10.3. The number of ether oxygens (including phenoxy) is 2. The Hall–Kier alpha value is -1.62. The highest BCUT2D eigenvalue weighted by Gasteiger charge is 2.07. The van der Waals surface area contributed by atoms with Gasteiger partial charge in [-0.15, -0.1) is 0 Å². The quantitative estimate of drug-likeness (QED) is 0.576. The van der Waals surface area contributed by atoms with Crippen molar-refractivity contribution in [1.82, 2.24) is 4.98 Å². The van der Waals surface area contributed by atoms with Gasteiger partial charge in [0, 0.05) is 6.07 Å². The summed E-state index contributed by atoms with van der Waals surface area (Å²) in [6.07, 6.45) is 1.79. The maximum absolute atomic E-state index is 11.2. The van der Waals surface area contributed by atoms with Crippen molar-refractivity contribution >= 4 is 5.97 Å². The van der Waals surface area contributed by atoms with E-state index in [9.17, 15) is 4.79 Å². The molecule has 1 aromatic rings. The smallest absolute Gasteiger partial charge is 0.356 e. The van der Waals surface area contributed by atoms with Crippen LogP contribution in [-0.4, -0.2) is 31.2 Å². The number of carbonyl (C=O) groups is 1. The Morgan fingerprint density at radius 3 is 2.94 bits per heavy atom. The predicted octanol–water partition coefficient (Wildman–Crippen LogP) is 0.986. The van der Waals surface area contributed by atoms with Crippen molar-refractivity contribution in [3.63, 3.8) is 0 Å². The minimum absolute atomic E-state index is 0.249. The summed E-state index contributed by atoms with van der Waals surface area (Å²) >= 11 is 0. The largest absolute Gasteiger partial charge is 0.478 e. The summed E-state index contributed by atoms with van der Waals surface area (Å²) in [7, 11) is 1.32. The third kappa shape index (κ3) is 3.86. The SMILES string of the molecule is COC(=O)c1cccc(OCCCCN)n1. The molecule has 0 radical (unpaired) electrons. The summed E-state index contributed by atoms with van der Waals surface area (Å²) in [5.74, 6) is -0.0349. The molecule has 1 heterocycles. The molecule has 0 saturated carbocycles. The number of esters is 1. The van der Waals surface area contributed by atoms with Gasteiger partial charge in [-0.25, -0.2) is 9.78 Å². The van der Waals surface area contributed by atoms with Gasteiger partial charge in [0.2, 0.25) is 5.88 Å². The zero-order chi connectivity index (χ0) is 11.8. The van der Waals surface area contributed by atoms with E-state index in [2.05, 4.69) is 9.72 Å². The van der Waals surface area contributed by atoms with Gasteiger partial charge in [0.05, 0.1) is 13.7 Å². The van der Waals surface area contributed by atoms with E-state index in [0.29, 0.717) is 19.0 Å². The van der Waals surface area contributed by atoms with Crippen LogP contribution in [-0.2, 0) is 4.74 Å². The second kappa shape index (κ2) is 6.79. The second-order valence-corrected chi connectivity index (χ2v) is 3.20. The van der Waals surface area contributed by atoms with E-state index in [1.807, 2.05) is 0 Å². The van der Waals surface area contributed by atoms with Crippen LogP contribution in [0.1, 0.15) is 23.3 Å². The van der Waals surface area contributed by atoms with E-state index in [1.54, 1.807) is 18.2 Å². The van der Waals surface area contributed by atoms with Gasteiger partial charge in [0.1, 0.15) is 0 Å². The first-order valence-electron chi connectivity index (χ1n) is 5.16. The van der Waals surface area contributed by atoms with Crippen molar-refractivity contribution in [2.75, 3.05) is 20.3 Å². The van der Waals surface area contributed by atoms with Crippen LogP contribution >= 0.6 is 0 Å². The monoisotopic (exact) mass is 224 g/mol. The van der Waals surface area contributed by atoms with Gasteiger partial charge >= 0.3 is 5.97 Å². The van der Waals surface area contributed by atoms with Gasteiger partial charge in [0.25, 0.3) is 0 Å². The van der Waals surface area contributed by atoms with Gasteiger partial charge < -0.3 is 15.2 Å². The van der Waals surface area contributed by atoms with E-state index in [0.717, 1.165) is 12.8 Å². The first-order chi connectivity index (χ1) is 7.77. The van der Waals surface area contributed by atoms with E-state index in [4.69, 9.17) is 10.5 Å². The maximum Gasteiger partial charge on any atom is 0.356 e. The highest BCUT2D eigenvalue weighted by Crippen LogP contribution is 2.08. The summed E-state index contributed by atoms with van der Waals surface area (Å²) in [5, 5.41) is 0. The molecule has 1 aromatic heterocycles. The minimum atomic E-state index is -0.465. The van der Waals surface area contributed by atoms with E-state index in [1.165, 1.54) is 7.11 Å². The molecule has 0 unspecified atom stereocenters. The lowest BCUT2D eigenvalue weighted by Gasteiger charge is -2.05. The molecule has 5 heteroatoms. The number of carbonyl (C=O) groups excluding carboxylic acids is 1. The normalized spacial score (nSPS) is 9.88. The summed E-state index contributed by atoms with van der Waals surface area (Å²) < 4.78 is 9.93. The maximum atomic E-state index is 11.2. The number of methoxy groups -OCH3 is 1. The van der Waals surface area contributed by atoms with E-state index < -0.39 is 5.97 Å². The predicted molar refractivity (Wildman–Crippen MR) is 59.4 cm³/mol. The topological polar surface area (TPSA) is 74.4 Å². The molecule has 0 fully saturated rings. The molecule has 0 spiro atoms. The third-order valence-electron chi connectivity index (χ3n) is 1.97. The Labute approximate surface area is 94.6 Å². The highest BCUT2D eigenvalue weighted by atomic mass is 16.5. The molecular formula is C11H16N2O3. The Bertz CT molecular complexity index is 342. The molecule has 2 N–H and O–H groups in total. The number of pyridine rings is 1. The van der Waals surface area contributed by atoms with Crippen molar-refractivity contribution in [3.8, 4) is 5.88 Å². The van der Waals surface area contributed by atoms with Crippen LogP contribution in [0, 0.1) is 0 Å². The third-order valence-corrected chi connectivity index (χ3v) is 1.97. The Balaban J connectivity index is 2.50. The molecule has 0 bridgehead atoms. The number of unbranched alkanes of at least 4 members (excludes halogenated alkanes) is 1. The molecule has 16 heavy (non-hydrogen) atoms. The van der Waals surface area contributed by atoms with Crippen LogP contribution in [0.4, 0.5) is 0 Å². The number of nitrogens with two attached hydrogens (primary N) is 1. The average Bonchev–Trinajstić information content (AvgIpc) is 2.34. The van der Waals surface area contributed by atoms with Crippen molar-refractivity contribution in [3.05, 3.63) is 23.9 Å². The number of hydrogen-bond acceptors (Lipinski definition) is 5. The van der Waals surface area contributed by atoms with Crippen molar-refractivity contribution < 1.29 is 14.3 Å². The summed E-state index contributed by atoms with van der Waals surface area (Å²) in [4.78, 5) is 15.2. The molecule has 0 aliphatic rings. The van der Waals surface area contributed by atoms with Crippen LogP contribution in [0.5, 0.6) is 5.88 Å². The number of hydrogen-bond donors (Lipinski definition) is 1. The summed E-state index contributed by atoms with van der Waals surface area (Å²) in [6, 6.07) is 4.99. The first kappa shape index (κ1) is 12.4. The molecule has 0 aliphatic carbocycles. The molecule has 0 atom stereocenters.